The van der Waals surface area contributed by atoms with Gasteiger partial charge in [0.05, 0.1) is 12.4 Å². The quantitative estimate of drug-likeness (QED) is 0.811. The molecule has 0 amide bonds. The van der Waals surface area contributed by atoms with Crippen molar-refractivity contribution in [2.24, 2.45) is 0 Å². The van der Waals surface area contributed by atoms with Gasteiger partial charge >= 0.3 is 0 Å². The highest BCUT2D eigenvalue weighted by atomic mass is 15.5. The first-order valence-corrected chi connectivity index (χ1v) is 5.96. The Morgan fingerprint density at radius 1 is 1.19 bits per heavy atom. The van der Waals surface area contributed by atoms with E-state index in [0.29, 0.717) is 0 Å². The van der Waals surface area contributed by atoms with E-state index in [-0.39, 0.29) is 0 Å². The number of anilines is 2. The predicted octanol–water partition coefficient (Wildman–Crippen LogP) is 1.72. The van der Waals surface area contributed by atoms with Crippen LogP contribution in [0.5, 0.6) is 0 Å². The summed E-state index contributed by atoms with van der Waals surface area (Å²) in [6.45, 7) is 5.09. The third kappa shape index (κ3) is 3.06. The molecule has 1 aromatic heterocycles. The zero-order valence-corrected chi connectivity index (χ0v) is 9.74. The van der Waals surface area contributed by atoms with Gasteiger partial charge in [-0.3, -0.25) is 4.98 Å². The molecule has 1 aliphatic rings. The summed E-state index contributed by atoms with van der Waals surface area (Å²) in [6.07, 6.45) is 7.35. The van der Waals surface area contributed by atoms with Gasteiger partial charge < -0.3 is 10.7 Å². The fourth-order valence-corrected chi connectivity index (χ4v) is 1.85. The van der Waals surface area contributed by atoms with Crippen molar-refractivity contribution >= 4 is 11.6 Å². The molecule has 0 spiro atoms. The van der Waals surface area contributed by atoms with Crippen molar-refractivity contribution in [1.82, 2.24) is 15.0 Å². The minimum absolute atomic E-state index is 0.820. The van der Waals surface area contributed by atoms with Gasteiger partial charge in [0.2, 0.25) is 0 Å². The van der Waals surface area contributed by atoms with Crippen molar-refractivity contribution in [1.29, 1.82) is 0 Å². The summed E-state index contributed by atoms with van der Waals surface area (Å²) in [5.74, 6) is 1.64. The van der Waals surface area contributed by atoms with E-state index in [1.165, 1.54) is 19.3 Å². The highest BCUT2D eigenvalue weighted by Crippen LogP contribution is 2.12. The van der Waals surface area contributed by atoms with Gasteiger partial charge in [0.25, 0.3) is 0 Å². The van der Waals surface area contributed by atoms with Gasteiger partial charge in [0, 0.05) is 19.6 Å². The van der Waals surface area contributed by atoms with E-state index in [2.05, 4.69) is 25.7 Å². The number of aromatic nitrogens is 2. The number of nitrogens with zero attached hydrogens (tertiary/aromatic N) is 3. The van der Waals surface area contributed by atoms with Crippen LogP contribution in [0.1, 0.15) is 26.2 Å². The van der Waals surface area contributed by atoms with Crippen LogP contribution in [0.15, 0.2) is 12.4 Å². The van der Waals surface area contributed by atoms with E-state index in [9.17, 15) is 0 Å². The number of rotatable bonds is 4. The Bertz CT molecular complexity index is 322. The van der Waals surface area contributed by atoms with E-state index in [1.54, 1.807) is 12.4 Å². The van der Waals surface area contributed by atoms with Gasteiger partial charge in [0.15, 0.2) is 5.82 Å². The van der Waals surface area contributed by atoms with Gasteiger partial charge in [-0.25, -0.2) is 9.99 Å². The minimum Gasteiger partial charge on any atom is -0.369 e. The highest BCUT2D eigenvalue weighted by molar-refractivity contribution is 5.40. The van der Waals surface area contributed by atoms with Crippen LogP contribution in [0, 0.1) is 0 Å². The second-order valence-electron chi connectivity index (χ2n) is 3.98. The molecular weight excluding hydrogens is 202 g/mol. The van der Waals surface area contributed by atoms with Crippen LogP contribution in [0.4, 0.5) is 11.6 Å². The average Bonchev–Trinajstić information content (AvgIpc) is 2.31. The molecule has 5 heteroatoms. The number of hydrogen-bond donors (Lipinski definition) is 2. The molecule has 0 bridgehead atoms. The van der Waals surface area contributed by atoms with Gasteiger partial charge in [-0.05, 0) is 19.8 Å². The van der Waals surface area contributed by atoms with Gasteiger partial charge in [-0.1, -0.05) is 6.42 Å². The van der Waals surface area contributed by atoms with Crippen LogP contribution in [0.3, 0.4) is 0 Å². The Hall–Kier alpha value is -1.36. The highest BCUT2D eigenvalue weighted by Gasteiger charge is 2.10. The maximum atomic E-state index is 4.43. The van der Waals surface area contributed by atoms with Gasteiger partial charge in [-0.15, -0.1) is 0 Å². The number of piperidine rings is 1. The first kappa shape index (κ1) is 11.1. The van der Waals surface area contributed by atoms with E-state index >= 15 is 0 Å². The van der Waals surface area contributed by atoms with Crippen LogP contribution >= 0.6 is 0 Å². The lowest BCUT2D eigenvalue weighted by Crippen LogP contribution is -2.35. The largest absolute Gasteiger partial charge is 0.369 e. The third-order valence-corrected chi connectivity index (χ3v) is 2.62. The van der Waals surface area contributed by atoms with E-state index in [1.807, 2.05) is 6.92 Å². The summed E-state index contributed by atoms with van der Waals surface area (Å²) < 4.78 is 0. The molecule has 2 heterocycles. The topological polar surface area (TPSA) is 53.1 Å². The van der Waals surface area contributed by atoms with Crippen molar-refractivity contribution < 1.29 is 0 Å². The Morgan fingerprint density at radius 2 is 1.94 bits per heavy atom. The van der Waals surface area contributed by atoms with Crippen LogP contribution in [-0.2, 0) is 0 Å². The van der Waals surface area contributed by atoms with Crippen molar-refractivity contribution in [3.05, 3.63) is 12.4 Å². The molecule has 1 aliphatic heterocycles. The summed E-state index contributed by atoms with van der Waals surface area (Å²) in [6, 6.07) is 0. The number of nitrogens with one attached hydrogen (secondary N) is 2. The molecule has 1 fully saturated rings. The minimum atomic E-state index is 0.820. The molecule has 2 N–H and O–H groups in total. The smallest absolute Gasteiger partial charge is 0.161 e. The second-order valence-corrected chi connectivity index (χ2v) is 3.98. The summed E-state index contributed by atoms with van der Waals surface area (Å²) in [7, 11) is 0. The molecule has 0 aromatic carbocycles. The summed E-state index contributed by atoms with van der Waals surface area (Å²) >= 11 is 0. The zero-order valence-electron chi connectivity index (χ0n) is 9.74. The Labute approximate surface area is 96.2 Å². The lowest BCUT2D eigenvalue weighted by molar-refractivity contribution is 0.272. The van der Waals surface area contributed by atoms with Crippen LogP contribution in [0.2, 0.25) is 0 Å². The maximum Gasteiger partial charge on any atom is 0.161 e. The number of hydrazine groups is 1. The van der Waals surface area contributed by atoms with Crippen LogP contribution in [-0.4, -0.2) is 34.6 Å². The molecule has 0 saturated carbocycles. The van der Waals surface area contributed by atoms with E-state index in [0.717, 1.165) is 31.3 Å². The lowest BCUT2D eigenvalue weighted by atomic mass is 10.2. The first-order valence-electron chi connectivity index (χ1n) is 5.96. The fraction of sp³-hybridized carbons (Fsp3) is 0.636. The maximum absolute atomic E-state index is 4.43. The zero-order chi connectivity index (χ0) is 11.2. The normalized spacial score (nSPS) is 17.1. The second kappa shape index (κ2) is 5.65. The van der Waals surface area contributed by atoms with E-state index in [4.69, 9.17) is 0 Å². The molecule has 0 unspecified atom stereocenters. The molecule has 2 rings (SSSR count). The third-order valence-electron chi connectivity index (χ3n) is 2.62. The van der Waals surface area contributed by atoms with Crippen LogP contribution in [0.25, 0.3) is 0 Å². The standard InChI is InChI=1S/C11H19N5/c1-2-13-10-8-12-9-11(14-10)15-16-6-4-3-5-7-16/h8-9H,2-7H2,1H3,(H2,13,14,15). The molecule has 5 nitrogen and oxygen atoms in total. The molecule has 0 radical (unpaired) electrons. The monoisotopic (exact) mass is 221 g/mol. The Morgan fingerprint density at radius 3 is 2.69 bits per heavy atom. The molecule has 1 saturated heterocycles. The predicted molar refractivity (Wildman–Crippen MR) is 65.2 cm³/mol. The van der Waals surface area contributed by atoms with Crippen LogP contribution < -0.4 is 10.7 Å². The molecule has 16 heavy (non-hydrogen) atoms. The van der Waals surface area contributed by atoms with Crippen molar-refractivity contribution in [2.45, 2.75) is 26.2 Å². The molecular formula is C11H19N5. The molecule has 1 aromatic rings. The summed E-state index contributed by atoms with van der Waals surface area (Å²) in [5.41, 5.74) is 3.30. The fourth-order valence-electron chi connectivity index (χ4n) is 1.85. The van der Waals surface area contributed by atoms with Crippen molar-refractivity contribution in [3.63, 3.8) is 0 Å². The summed E-state index contributed by atoms with van der Waals surface area (Å²) in [4.78, 5) is 8.58. The van der Waals surface area contributed by atoms with Crippen molar-refractivity contribution in [2.75, 3.05) is 30.4 Å². The lowest BCUT2D eigenvalue weighted by Gasteiger charge is -2.27. The van der Waals surface area contributed by atoms with Gasteiger partial charge in [-0.2, -0.15) is 0 Å². The number of hydrogen-bond acceptors (Lipinski definition) is 5. The Kier molecular flexibility index (Phi) is 3.93. The van der Waals surface area contributed by atoms with E-state index < -0.39 is 0 Å². The average molecular weight is 221 g/mol. The van der Waals surface area contributed by atoms with Crippen molar-refractivity contribution in [3.8, 4) is 0 Å². The molecule has 88 valence electrons. The summed E-state index contributed by atoms with van der Waals surface area (Å²) in [5, 5.41) is 5.36. The molecule has 0 aliphatic carbocycles. The van der Waals surface area contributed by atoms with Gasteiger partial charge in [0.1, 0.15) is 5.82 Å². The molecule has 0 atom stereocenters. The first-order chi connectivity index (χ1) is 7.88. The SMILES string of the molecule is CCNc1cncc(NN2CCCCC2)n1. The Balaban J connectivity index is 1.94.